The molecule has 3 amide bonds. The van der Waals surface area contributed by atoms with Gasteiger partial charge in [0.2, 0.25) is 0 Å². The van der Waals surface area contributed by atoms with Gasteiger partial charge in [-0.05, 0) is 50.1 Å². The summed E-state index contributed by atoms with van der Waals surface area (Å²) in [6.45, 7) is 5.33. The maximum absolute atomic E-state index is 13.9. The van der Waals surface area contributed by atoms with Gasteiger partial charge in [-0.15, -0.1) is 0 Å². The molecule has 1 saturated heterocycles. The van der Waals surface area contributed by atoms with Crippen LogP contribution in [-0.2, 0) is 13.5 Å². The molecule has 2 aromatic carbocycles. The highest BCUT2D eigenvalue weighted by atomic mass is 19.1. The van der Waals surface area contributed by atoms with Crippen molar-refractivity contribution in [3.8, 4) is 11.3 Å². The third-order valence-electron chi connectivity index (χ3n) is 6.72. The van der Waals surface area contributed by atoms with E-state index in [1.807, 2.05) is 19.9 Å². The zero-order valence-electron chi connectivity index (χ0n) is 19.2. The number of fused-ring (bicyclic) bond motifs is 1. The number of hydrogen-bond donors (Lipinski definition) is 1. The quantitative estimate of drug-likeness (QED) is 0.637. The highest BCUT2D eigenvalue weighted by molar-refractivity contribution is 6.00. The summed E-state index contributed by atoms with van der Waals surface area (Å²) >= 11 is 0. The number of rotatable bonds is 3. The molecule has 1 N–H and O–H groups in total. The largest absolute Gasteiger partial charge is 0.336 e. The van der Waals surface area contributed by atoms with E-state index in [4.69, 9.17) is 0 Å². The molecule has 0 radical (unpaired) electrons. The highest BCUT2D eigenvalue weighted by Crippen LogP contribution is 2.37. The Labute approximate surface area is 196 Å². The van der Waals surface area contributed by atoms with Crippen LogP contribution in [0.1, 0.15) is 40.1 Å². The van der Waals surface area contributed by atoms with Gasteiger partial charge in [0.05, 0.1) is 17.4 Å². The number of aromatic nitrogens is 2. The van der Waals surface area contributed by atoms with Crippen molar-refractivity contribution < 1.29 is 18.4 Å². The van der Waals surface area contributed by atoms with Crippen molar-refractivity contribution in [2.24, 2.45) is 7.05 Å². The lowest BCUT2D eigenvalue weighted by atomic mass is 9.94. The number of halogens is 2. The summed E-state index contributed by atoms with van der Waals surface area (Å²) in [7, 11) is 1.74. The topological polar surface area (TPSA) is 70.5 Å². The molecule has 3 heterocycles. The molecule has 5 rings (SSSR count). The number of urea groups is 1. The molecule has 7 nitrogen and oxygen atoms in total. The Hall–Kier alpha value is -3.75. The minimum atomic E-state index is -0.646. The normalized spacial score (nSPS) is 17.7. The minimum Gasteiger partial charge on any atom is -0.336 e. The van der Waals surface area contributed by atoms with Gasteiger partial charge in [0.1, 0.15) is 11.6 Å². The summed E-state index contributed by atoms with van der Waals surface area (Å²) < 4.78 is 29.4. The molecule has 0 aliphatic carbocycles. The lowest BCUT2D eigenvalue weighted by Crippen LogP contribution is -2.39. The van der Waals surface area contributed by atoms with Crippen LogP contribution in [0, 0.1) is 18.6 Å². The number of aryl methyl sites for hydroxylation is 1. The van der Waals surface area contributed by atoms with E-state index >= 15 is 0 Å². The first kappa shape index (κ1) is 22.1. The van der Waals surface area contributed by atoms with Gasteiger partial charge in [-0.3, -0.25) is 14.4 Å². The van der Waals surface area contributed by atoms with Crippen LogP contribution in [0.2, 0.25) is 0 Å². The third-order valence-corrected chi connectivity index (χ3v) is 6.72. The Kier molecular flexibility index (Phi) is 5.34. The van der Waals surface area contributed by atoms with Crippen LogP contribution >= 0.6 is 0 Å². The molecule has 0 saturated carbocycles. The first-order valence-corrected chi connectivity index (χ1v) is 11.2. The number of nitrogens with zero attached hydrogens (tertiary/aromatic N) is 4. The smallest absolute Gasteiger partial charge is 0.322 e. The van der Waals surface area contributed by atoms with Crippen LogP contribution < -0.4 is 10.2 Å². The number of carbonyl (C=O) groups is 2. The average molecular weight is 466 g/mol. The van der Waals surface area contributed by atoms with Gasteiger partial charge >= 0.3 is 6.03 Å². The lowest BCUT2D eigenvalue weighted by molar-refractivity contribution is 0.0673. The van der Waals surface area contributed by atoms with Crippen LogP contribution in [-0.4, -0.2) is 46.3 Å². The summed E-state index contributed by atoms with van der Waals surface area (Å²) in [6, 6.07) is 8.36. The second-order valence-electron chi connectivity index (χ2n) is 8.75. The Balaban J connectivity index is 1.48. The summed E-state index contributed by atoms with van der Waals surface area (Å²) in [4.78, 5) is 29.2. The van der Waals surface area contributed by atoms with Crippen molar-refractivity contribution in [1.29, 1.82) is 0 Å². The SMILES string of the molecule is Cc1c(C(=O)N2CCc3c(nn(C)c3-c3cc(F)cc(F)c3)C2C)cccc1N1CCNC1=O. The van der Waals surface area contributed by atoms with Gasteiger partial charge in [0, 0.05) is 55.1 Å². The molecule has 2 aliphatic rings. The van der Waals surface area contributed by atoms with E-state index in [2.05, 4.69) is 10.4 Å². The minimum absolute atomic E-state index is 0.138. The zero-order valence-corrected chi connectivity index (χ0v) is 19.2. The Morgan fingerprint density at radius 2 is 1.88 bits per heavy atom. The van der Waals surface area contributed by atoms with E-state index in [9.17, 15) is 18.4 Å². The maximum atomic E-state index is 13.9. The summed E-state index contributed by atoms with van der Waals surface area (Å²) in [5.41, 5.74) is 4.70. The van der Waals surface area contributed by atoms with Gasteiger partial charge in [-0.1, -0.05) is 6.07 Å². The van der Waals surface area contributed by atoms with Crippen molar-refractivity contribution in [1.82, 2.24) is 20.0 Å². The maximum Gasteiger partial charge on any atom is 0.322 e. The number of benzene rings is 2. The van der Waals surface area contributed by atoms with Crippen molar-refractivity contribution in [3.05, 3.63) is 70.4 Å². The number of amides is 3. The van der Waals surface area contributed by atoms with Crippen LogP contribution in [0.25, 0.3) is 11.3 Å². The molecule has 1 aromatic heterocycles. The van der Waals surface area contributed by atoms with Gasteiger partial charge in [0.15, 0.2) is 0 Å². The number of anilines is 1. The van der Waals surface area contributed by atoms with Gasteiger partial charge in [0.25, 0.3) is 5.91 Å². The molecule has 1 unspecified atom stereocenters. The predicted molar refractivity (Wildman–Crippen MR) is 124 cm³/mol. The van der Waals surface area contributed by atoms with Crippen LogP contribution in [0.3, 0.4) is 0 Å². The molecule has 1 atom stereocenters. The Bertz CT molecular complexity index is 1300. The van der Waals surface area contributed by atoms with E-state index in [0.717, 1.165) is 28.6 Å². The Morgan fingerprint density at radius 3 is 2.56 bits per heavy atom. The average Bonchev–Trinajstić information content (AvgIpc) is 3.36. The summed E-state index contributed by atoms with van der Waals surface area (Å²) in [6.07, 6.45) is 0.514. The molecule has 1 fully saturated rings. The first-order valence-electron chi connectivity index (χ1n) is 11.2. The van der Waals surface area contributed by atoms with Crippen LogP contribution in [0.4, 0.5) is 19.3 Å². The van der Waals surface area contributed by atoms with E-state index in [0.29, 0.717) is 42.9 Å². The third kappa shape index (κ3) is 3.52. The van der Waals surface area contributed by atoms with Gasteiger partial charge in [-0.2, -0.15) is 5.10 Å². The van der Waals surface area contributed by atoms with E-state index < -0.39 is 11.6 Å². The molecule has 176 valence electrons. The molecule has 3 aromatic rings. The zero-order chi connectivity index (χ0) is 24.1. The van der Waals surface area contributed by atoms with E-state index in [1.165, 1.54) is 12.1 Å². The van der Waals surface area contributed by atoms with Crippen molar-refractivity contribution in [3.63, 3.8) is 0 Å². The van der Waals surface area contributed by atoms with Crippen LogP contribution in [0.5, 0.6) is 0 Å². The second kappa shape index (κ2) is 8.23. The standard InChI is InChI=1S/C25H25F2N5O2/c1-14-19(5-4-6-21(14)32-10-8-28-25(32)34)24(33)31-9-7-20-22(15(31)2)29-30(3)23(20)16-11-17(26)13-18(27)12-16/h4-6,11-13,15H,7-10H2,1-3H3,(H,28,34). The molecular weight excluding hydrogens is 440 g/mol. The van der Waals surface area contributed by atoms with E-state index in [-0.39, 0.29) is 18.0 Å². The lowest BCUT2D eigenvalue weighted by Gasteiger charge is -2.33. The fourth-order valence-corrected chi connectivity index (χ4v) is 5.08. The monoisotopic (exact) mass is 465 g/mol. The molecule has 9 heteroatoms. The Morgan fingerprint density at radius 1 is 1.15 bits per heavy atom. The van der Waals surface area contributed by atoms with Gasteiger partial charge < -0.3 is 10.2 Å². The second-order valence-corrected chi connectivity index (χ2v) is 8.75. The molecule has 34 heavy (non-hydrogen) atoms. The van der Waals surface area contributed by atoms with Crippen molar-refractivity contribution >= 4 is 17.6 Å². The predicted octanol–water partition coefficient (Wildman–Crippen LogP) is 3.96. The van der Waals surface area contributed by atoms with Crippen LogP contribution in [0.15, 0.2) is 36.4 Å². The number of carbonyl (C=O) groups excluding carboxylic acids is 2. The molecule has 0 spiro atoms. The van der Waals surface area contributed by atoms with Crippen molar-refractivity contribution in [2.75, 3.05) is 24.5 Å². The molecule has 0 bridgehead atoms. The summed E-state index contributed by atoms with van der Waals surface area (Å²) in [5, 5.41) is 7.41. The van der Waals surface area contributed by atoms with Crippen molar-refractivity contribution in [2.45, 2.75) is 26.3 Å². The number of hydrogen-bond acceptors (Lipinski definition) is 3. The van der Waals surface area contributed by atoms with Gasteiger partial charge in [-0.25, -0.2) is 13.6 Å². The molecular formula is C25H25F2N5O2. The number of nitrogens with one attached hydrogen (secondary N) is 1. The first-order chi connectivity index (χ1) is 16.3. The fraction of sp³-hybridized carbons (Fsp3) is 0.320. The van der Waals surface area contributed by atoms with E-state index in [1.54, 1.807) is 33.7 Å². The fourth-order valence-electron chi connectivity index (χ4n) is 5.08. The summed E-state index contributed by atoms with van der Waals surface area (Å²) in [5.74, 6) is -1.43. The highest BCUT2D eigenvalue weighted by Gasteiger charge is 2.34. The molecule has 2 aliphatic heterocycles.